The summed E-state index contributed by atoms with van der Waals surface area (Å²) in [6, 6.07) is 2.78. The van der Waals surface area contributed by atoms with E-state index >= 15 is 0 Å². The van der Waals surface area contributed by atoms with Crippen molar-refractivity contribution in [3.63, 3.8) is 0 Å². The summed E-state index contributed by atoms with van der Waals surface area (Å²) in [5.74, 6) is -1.04. The summed E-state index contributed by atoms with van der Waals surface area (Å²) in [7, 11) is 0. The smallest absolute Gasteiger partial charge is 0.267 e. The van der Waals surface area contributed by atoms with Gasteiger partial charge < -0.3 is 5.73 Å². The van der Waals surface area contributed by atoms with E-state index in [4.69, 9.17) is 5.73 Å². The zero-order valence-corrected chi connectivity index (χ0v) is 7.49. The highest BCUT2D eigenvalue weighted by Crippen LogP contribution is 2.12. The van der Waals surface area contributed by atoms with Crippen LogP contribution in [0.15, 0.2) is 18.3 Å². The second-order valence-electron chi connectivity index (χ2n) is 2.99. The van der Waals surface area contributed by atoms with E-state index in [9.17, 15) is 9.18 Å². The van der Waals surface area contributed by atoms with Crippen LogP contribution in [0.5, 0.6) is 0 Å². The molecule has 14 heavy (non-hydrogen) atoms. The molecule has 0 aliphatic carbocycles. The van der Waals surface area contributed by atoms with E-state index in [0.29, 0.717) is 11.3 Å². The Morgan fingerprint density at radius 3 is 2.93 bits per heavy atom. The Bertz CT molecular complexity index is 518. The summed E-state index contributed by atoms with van der Waals surface area (Å²) in [4.78, 5) is 15.1. The van der Waals surface area contributed by atoms with Crippen molar-refractivity contribution in [1.82, 2.24) is 9.38 Å². The molecule has 1 amide bonds. The van der Waals surface area contributed by atoms with Crippen LogP contribution in [-0.4, -0.2) is 15.3 Å². The Balaban J connectivity index is 2.86. The SMILES string of the molecule is Cc1nc2ccc(F)cn2c1C(N)=O. The topological polar surface area (TPSA) is 60.4 Å². The quantitative estimate of drug-likeness (QED) is 0.730. The van der Waals surface area contributed by atoms with Crippen LogP contribution >= 0.6 is 0 Å². The van der Waals surface area contributed by atoms with E-state index in [1.807, 2.05) is 0 Å². The molecule has 0 atom stereocenters. The highest BCUT2D eigenvalue weighted by atomic mass is 19.1. The predicted molar refractivity (Wildman–Crippen MR) is 48.4 cm³/mol. The van der Waals surface area contributed by atoms with Gasteiger partial charge in [0.05, 0.1) is 5.69 Å². The number of fused-ring (bicyclic) bond motifs is 1. The summed E-state index contributed by atoms with van der Waals surface area (Å²) < 4.78 is 14.2. The number of aromatic nitrogens is 2. The van der Waals surface area contributed by atoms with Gasteiger partial charge >= 0.3 is 0 Å². The highest BCUT2D eigenvalue weighted by Gasteiger charge is 2.13. The van der Waals surface area contributed by atoms with Crippen molar-refractivity contribution < 1.29 is 9.18 Å². The van der Waals surface area contributed by atoms with Gasteiger partial charge in [-0.25, -0.2) is 9.37 Å². The fourth-order valence-electron chi connectivity index (χ4n) is 1.43. The van der Waals surface area contributed by atoms with Crippen LogP contribution in [0.4, 0.5) is 4.39 Å². The van der Waals surface area contributed by atoms with Crippen LogP contribution in [0.1, 0.15) is 16.2 Å². The van der Waals surface area contributed by atoms with Gasteiger partial charge in [0, 0.05) is 6.20 Å². The van der Waals surface area contributed by atoms with Gasteiger partial charge in [-0.1, -0.05) is 0 Å². The van der Waals surface area contributed by atoms with Gasteiger partial charge in [-0.15, -0.1) is 0 Å². The monoisotopic (exact) mass is 193 g/mol. The van der Waals surface area contributed by atoms with E-state index in [1.54, 1.807) is 6.92 Å². The lowest BCUT2D eigenvalue weighted by Gasteiger charge is -1.97. The van der Waals surface area contributed by atoms with Crippen LogP contribution < -0.4 is 5.73 Å². The summed E-state index contributed by atoms with van der Waals surface area (Å²) in [5.41, 5.74) is 6.39. The van der Waals surface area contributed by atoms with E-state index in [2.05, 4.69) is 4.98 Å². The number of nitrogens with zero attached hydrogens (tertiary/aromatic N) is 2. The maximum Gasteiger partial charge on any atom is 0.267 e. The van der Waals surface area contributed by atoms with Gasteiger partial charge in [-0.3, -0.25) is 9.20 Å². The van der Waals surface area contributed by atoms with E-state index in [1.165, 1.54) is 22.7 Å². The van der Waals surface area contributed by atoms with Crippen molar-refractivity contribution in [3.05, 3.63) is 35.5 Å². The number of nitrogens with two attached hydrogens (primary N) is 1. The van der Waals surface area contributed by atoms with Gasteiger partial charge in [0.2, 0.25) is 0 Å². The third kappa shape index (κ3) is 1.14. The largest absolute Gasteiger partial charge is 0.364 e. The van der Waals surface area contributed by atoms with Gasteiger partial charge in [-0.05, 0) is 19.1 Å². The molecule has 0 bridgehead atoms. The summed E-state index contributed by atoms with van der Waals surface area (Å²) in [5, 5.41) is 0. The normalized spacial score (nSPS) is 10.7. The Labute approximate surface area is 79.2 Å². The van der Waals surface area contributed by atoms with Crippen molar-refractivity contribution in [3.8, 4) is 0 Å². The van der Waals surface area contributed by atoms with Crippen LogP contribution in [-0.2, 0) is 0 Å². The molecule has 2 rings (SSSR count). The number of primary amides is 1. The first kappa shape index (κ1) is 8.68. The number of halogens is 1. The third-order valence-electron chi connectivity index (χ3n) is 1.99. The van der Waals surface area contributed by atoms with Crippen LogP contribution in [0.25, 0.3) is 5.65 Å². The minimum atomic E-state index is -0.611. The van der Waals surface area contributed by atoms with Crippen molar-refractivity contribution >= 4 is 11.6 Å². The fraction of sp³-hybridized carbons (Fsp3) is 0.111. The molecule has 4 nitrogen and oxygen atoms in total. The van der Waals surface area contributed by atoms with Gasteiger partial charge in [0.15, 0.2) is 0 Å². The second-order valence-corrected chi connectivity index (χ2v) is 2.99. The van der Waals surface area contributed by atoms with E-state index in [0.717, 1.165) is 0 Å². The van der Waals surface area contributed by atoms with Crippen LogP contribution in [0, 0.1) is 12.7 Å². The molecule has 0 saturated heterocycles. The lowest BCUT2D eigenvalue weighted by molar-refractivity contribution is 0.0994. The van der Waals surface area contributed by atoms with E-state index < -0.39 is 11.7 Å². The number of aryl methyl sites for hydroxylation is 1. The molecular weight excluding hydrogens is 185 g/mol. The number of pyridine rings is 1. The minimum Gasteiger partial charge on any atom is -0.364 e. The number of hydrogen-bond acceptors (Lipinski definition) is 2. The predicted octanol–water partition coefficient (Wildman–Crippen LogP) is 0.881. The Morgan fingerprint density at radius 2 is 2.29 bits per heavy atom. The minimum absolute atomic E-state index is 0.222. The summed E-state index contributed by atoms with van der Waals surface area (Å²) in [6.45, 7) is 1.66. The van der Waals surface area contributed by atoms with Crippen LogP contribution in [0.3, 0.4) is 0 Å². The first-order valence-corrected chi connectivity index (χ1v) is 4.03. The Kier molecular flexibility index (Phi) is 1.73. The number of carbonyl (C=O) groups is 1. The standard InChI is InChI=1S/C9H8FN3O/c1-5-8(9(11)14)13-4-6(10)2-3-7(13)12-5/h2-4H,1H3,(H2,11,14). The molecule has 0 unspecified atom stereocenters. The molecule has 0 aliphatic rings. The maximum atomic E-state index is 12.9. The molecule has 0 fully saturated rings. The lowest BCUT2D eigenvalue weighted by atomic mass is 10.3. The Hall–Kier alpha value is -1.91. The van der Waals surface area contributed by atoms with Crippen molar-refractivity contribution in [2.45, 2.75) is 6.92 Å². The van der Waals surface area contributed by atoms with Gasteiger partial charge in [0.25, 0.3) is 5.91 Å². The van der Waals surface area contributed by atoms with Crippen molar-refractivity contribution in [1.29, 1.82) is 0 Å². The molecular formula is C9H8FN3O. The molecule has 0 aromatic carbocycles. The number of rotatable bonds is 1. The average molecular weight is 193 g/mol. The van der Waals surface area contributed by atoms with Crippen LogP contribution in [0.2, 0.25) is 0 Å². The lowest BCUT2D eigenvalue weighted by Crippen LogP contribution is -2.15. The first-order chi connectivity index (χ1) is 6.59. The molecule has 2 aromatic rings. The van der Waals surface area contributed by atoms with Crippen molar-refractivity contribution in [2.75, 3.05) is 0 Å². The third-order valence-corrected chi connectivity index (χ3v) is 1.99. The van der Waals surface area contributed by atoms with Gasteiger partial charge in [0.1, 0.15) is 17.2 Å². The Morgan fingerprint density at radius 1 is 1.57 bits per heavy atom. The molecule has 72 valence electrons. The van der Waals surface area contributed by atoms with E-state index in [-0.39, 0.29) is 5.69 Å². The number of amides is 1. The summed E-state index contributed by atoms with van der Waals surface area (Å²) >= 11 is 0. The molecule has 0 radical (unpaired) electrons. The summed E-state index contributed by atoms with van der Waals surface area (Å²) in [6.07, 6.45) is 1.19. The molecule has 2 N–H and O–H groups in total. The average Bonchev–Trinajstić information content (AvgIpc) is 2.40. The van der Waals surface area contributed by atoms with Crippen molar-refractivity contribution in [2.24, 2.45) is 5.73 Å². The zero-order valence-electron chi connectivity index (χ0n) is 7.49. The first-order valence-electron chi connectivity index (χ1n) is 4.03. The maximum absolute atomic E-state index is 12.9. The fourth-order valence-corrected chi connectivity index (χ4v) is 1.43. The molecule has 0 aliphatic heterocycles. The number of hydrogen-bond donors (Lipinski definition) is 1. The number of imidazole rings is 1. The molecule has 5 heteroatoms. The molecule has 2 aromatic heterocycles. The molecule has 2 heterocycles. The van der Waals surface area contributed by atoms with Gasteiger partial charge in [-0.2, -0.15) is 0 Å². The molecule has 0 saturated carbocycles. The highest BCUT2D eigenvalue weighted by molar-refractivity contribution is 5.93. The molecule has 0 spiro atoms. The number of carbonyl (C=O) groups excluding carboxylic acids is 1. The second kappa shape index (κ2) is 2.80. The zero-order chi connectivity index (χ0) is 10.3.